The summed E-state index contributed by atoms with van der Waals surface area (Å²) >= 11 is 1.31. The maximum Gasteiger partial charge on any atom is 0.345 e. The number of carboxylic acids is 1. The fourth-order valence-electron chi connectivity index (χ4n) is 1.63. The van der Waals surface area contributed by atoms with Gasteiger partial charge < -0.3 is 10.4 Å². The van der Waals surface area contributed by atoms with Crippen molar-refractivity contribution in [3.63, 3.8) is 0 Å². The Bertz CT molecular complexity index is 575. The molecule has 2 aromatic rings. The van der Waals surface area contributed by atoms with E-state index in [2.05, 4.69) is 31.3 Å². The Morgan fingerprint density at radius 2 is 2.00 bits per heavy atom. The van der Waals surface area contributed by atoms with Gasteiger partial charge in [-0.2, -0.15) is 0 Å². The van der Waals surface area contributed by atoms with E-state index in [9.17, 15) is 4.79 Å². The summed E-state index contributed by atoms with van der Waals surface area (Å²) in [5.74, 6) is -0.863. The standard InChI is InChI=1S/C14H15NO2S/c1-9-3-4-11(7-10(9)2)15-8-12-5-6-13(18-12)14(16)17/h3-7,15H,8H2,1-2H3,(H,16,17). The quantitative estimate of drug-likeness (QED) is 0.882. The van der Waals surface area contributed by atoms with Crippen LogP contribution in [0.4, 0.5) is 5.69 Å². The molecule has 0 aliphatic carbocycles. The van der Waals surface area contributed by atoms with Crippen LogP contribution in [0.2, 0.25) is 0 Å². The molecule has 4 heteroatoms. The van der Waals surface area contributed by atoms with Crippen molar-refractivity contribution < 1.29 is 9.90 Å². The van der Waals surface area contributed by atoms with Gasteiger partial charge in [0.1, 0.15) is 4.88 Å². The summed E-state index contributed by atoms with van der Waals surface area (Å²) in [6, 6.07) is 9.70. The number of nitrogens with one attached hydrogen (secondary N) is 1. The summed E-state index contributed by atoms with van der Waals surface area (Å²) in [5.41, 5.74) is 3.57. The van der Waals surface area contributed by atoms with E-state index in [0.717, 1.165) is 10.6 Å². The van der Waals surface area contributed by atoms with Crippen LogP contribution in [0.5, 0.6) is 0 Å². The number of benzene rings is 1. The van der Waals surface area contributed by atoms with Gasteiger partial charge in [0.05, 0.1) is 0 Å². The lowest BCUT2D eigenvalue weighted by atomic mass is 10.1. The fraction of sp³-hybridized carbons (Fsp3) is 0.214. The topological polar surface area (TPSA) is 49.3 Å². The Labute approximate surface area is 110 Å². The fourth-order valence-corrected chi connectivity index (χ4v) is 2.41. The predicted molar refractivity (Wildman–Crippen MR) is 74.5 cm³/mol. The molecule has 0 aliphatic rings. The number of hydrogen-bond acceptors (Lipinski definition) is 3. The third-order valence-corrected chi connectivity index (χ3v) is 3.92. The molecule has 0 bridgehead atoms. The van der Waals surface area contributed by atoms with E-state index < -0.39 is 5.97 Å². The number of carbonyl (C=O) groups is 1. The number of carboxylic acid groups (broad SMARTS) is 1. The van der Waals surface area contributed by atoms with Crippen LogP contribution in [0, 0.1) is 13.8 Å². The highest BCUT2D eigenvalue weighted by molar-refractivity contribution is 7.13. The highest BCUT2D eigenvalue weighted by Gasteiger charge is 2.06. The van der Waals surface area contributed by atoms with Crippen LogP contribution in [-0.4, -0.2) is 11.1 Å². The average molecular weight is 261 g/mol. The molecular formula is C14H15NO2S. The molecule has 94 valence electrons. The second kappa shape index (κ2) is 5.23. The monoisotopic (exact) mass is 261 g/mol. The van der Waals surface area contributed by atoms with Gasteiger partial charge in [0.15, 0.2) is 0 Å². The molecule has 0 spiro atoms. The normalized spacial score (nSPS) is 10.3. The molecule has 0 saturated heterocycles. The van der Waals surface area contributed by atoms with Crippen molar-refractivity contribution in [1.29, 1.82) is 0 Å². The Kier molecular flexibility index (Phi) is 3.67. The Hall–Kier alpha value is -1.81. The first kappa shape index (κ1) is 12.6. The van der Waals surface area contributed by atoms with Crippen LogP contribution in [0.1, 0.15) is 25.7 Å². The van der Waals surface area contributed by atoms with Crippen molar-refractivity contribution >= 4 is 23.0 Å². The van der Waals surface area contributed by atoms with Crippen molar-refractivity contribution in [2.75, 3.05) is 5.32 Å². The highest BCUT2D eigenvalue weighted by Crippen LogP contribution is 2.19. The molecule has 0 saturated carbocycles. The minimum atomic E-state index is -0.863. The minimum Gasteiger partial charge on any atom is -0.477 e. The molecule has 1 heterocycles. The van der Waals surface area contributed by atoms with Gasteiger partial charge in [-0.25, -0.2) is 4.79 Å². The number of rotatable bonds is 4. The predicted octanol–water partition coefficient (Wildman–Crippen LogP) is 3.68. The average Bonchev–Trinajstić information content (AvgIpc) is 2.79. The molecule has 3 nitrogen and oxygen atoms in total. The van der Waals surface area contributed by atoms with Crippen LogP contribution >= 0.6 is 11.3 Å². The summed E-state index contributed by atoms with van der Waals surface area (Å²) in [4.78, 5) is 12.2. The first-order valence-electron chi connectivity index (χ1n) is 5.69. The van der Waals surface area contributed by atoms with Crippen LogP contribution < -0.4 is 5.32 Å². The number of aromatic carboxylic acids is 1. The first-order valence-corrected chi connectivity index (χ1v) is 6.51. The largest absolute Gasteiger partial charge is 0.477 e. The van der Waals surface area contributed by atoms with Crippen LogP contribution in [-0.2, 0) is 6.54 Å². The van der Waals surface area contributed by atoms with Crippen molar-refractivity contribution in [2.45, 2.75) is 20.4 Å². The second-order valence-corrected chi connectivity index (χ2v) is 5.39. The molecule has 0 unspecified atom stereocenters. The zero-order valence-electron chi connectivity index (χ0n) is 10.4. The summed E-state index contributed by atoms with van der Waals surface area (Å²) < 4.78 is 0. The van der Waals surface area contributed by atoms with Crippen molar-refractivity contribution in [3.05, 3.63) is 51.2 Å². The van der Waals surface area contributed by atoms with E-state index in [1.807, 2.05) is 12.1 Å². The van der Waals surface area contributed by atoms with Crippen molar-refractivity contribution in [3.8, 4) is 0 Å². The van der Waals surface area contributed by atoms with Crippen LogP contribution in [0.25, 0.3) is 0 Å². The molecule has 1 aromatic carbocycles. The lowest BCUT2D eigenvalue weighted by Gasteiger charge is -2.07. The molecule has 1 aromatic heterocycles. The summed E-state index contributed by atoms with van der Waals surface area (Å²) in [6.45, 7) is 4.81. The van der Waals surface area contributed by atoms with E-state index in [4.69, 9.17) is 5.11 Å². The lowest BCUT2D eigenvalue weighted by molar-refractivity contribution is 0.0702. The third kappa shape index (κ3) is 2.90. The second-order valence-electron chi connectivity index (χ2n) is 4.22. The number of thiophene rings is 1. The van der Waals surface area contributed by atoms with Gasteiger partial charge in [-0.05, 0) is 49.2 Å². The summed E-state index contributed by atoms with van der Waals surface area (Å²) in [7, 11) is 0. The van der Waals surface area contributed by atoms with E-state index in [-0.39, 0.29) is 0 Å². The van der Waals surface area contributed by atoms with Crippen molar-refractivity contribution in [1.82, 2.24) is 0 Å². The van der Waals surface area contributed by atoms with Gasteiger partial charge in [-0.3, -0.25) is 0 Å². The highest BCUT2D eigenvalue weighted by atomic mass is 32.1. The number of aryl methyl sites for hydroxylation is 2. The van der Waals surface area contributed by atoms with Crippen LogP contribution in [0.3, 0.4) is 0 Å². The SMILES string of the molecule is Cc1ccc(NCc2ccc(C(=O)O)s2)cc1C. The van der Waals surface area contributed by atoms with Gasteiger partial charge in [0.25, 0.3) is 0 Å². The maximum absolute atomic E-state index is 10.8. The number of anilines is 1. The Morgan fingerprint density at radius 1 is 1.22 bits per heavy atom. The zero-order chi connectivity index (χ0) is 13.1. The molecule has 0 atom stereocenters. The third-order valence-electron chi connectivity index (χ3n) is 2.85. The summed E-state index contributed by atoms with van der Waals surface area (Å²) in [6.07, 6.45) is 0. The minimum absolute atomic E-state index is 0.381. The van der Waals surface area contributed by atoms with Gasteiger partial charge in [0, 0.05) is 17.1 Å². The molecule has 0 aliphatic heterocycles. The molecule has 2 N–H and O–H groups in total. The van der Waals surface area contributed by atoms with E-state index in [1.54, 1.807) is 6.07 Å². The van der Waals surface area contributed by atoms with E-state index in [0.29, 0.717) is 11.4 Å². The Morgan fingerprint density at radius 3 is 2.61 bits per heavy atom. The molecule has 0 radical (unpaired) electrons. The van der Waals surface area contributed by atoms with E-state index >= 15 is 0 Å². The lowest BCUT2D eigenvalue weighted by Crippen LogP contribution is -1.98. The smallest absolute Gasteiger partial charge is 0.345 e. The molecule has 18 heavy (non-hydrogen) atoms. The van der Waals surface area contributed by atoms with Gasteiger partial charge in [-0.1, -0.05) is 6.07 Å². The zero-order valence-corrected chi connectivity index (χ0v) is 11.2. The summed E-state index contributed by atoms with van der Waals surface area (Å²) in [5, 5.41) is 12.1. The Balaban J connectivity index is 2.02. The molecule has 0 fully saturated rings. The van der Waals surface area contributed by atoms with Gasteiger partial charge in [-0.15, -0.1) is 11.3 Å². The van der Waals surface area contributed by atoms with E-state index in [1.165, 1.54) is 22.5 Å². The maximum atomic E-state index is 10.8. The first-order chi connectivity index (χ1) is 8.56. The molecular weight excluding hydrogens is 246 g/mol. The molecule has 0 amide bonds. The molecule has 2 rings (SSSR count). The van der Waals surface area contributed by atoms with Gasteiger partial charge >= 0.3 is 5.97 Å². The van der Waals surface area contributed by atoms with Crippen molar-refractivity contribution in [2.24, 2.45) is 0 Å². The number of hydrogen-bond donors (Lipinski definition) is 2. The van der Waals surface area contributed by atoms with Crippen LogP contribution in [0.15, 0.2) is 30.3 Å². The van der Waals surface area contributed by atoms with Gasteiger partial charge in [0.2, 0.25) is 0 Å².